The summed E-state index contributed by atoms with van der Waals surface area (Å²) in [7, 11) is 0. The fourth-order valence-corrected chi connectivity index (χ4v) is 3.10. The number of hydrogen-bond donors (Lipinski definition) is 0. The molecule has 0 unspecified atom stereocenters. The molecule has 24 heavy (non-hydrogen) atoms. The Morgan fingerprint density at radius 3 is 2.58 bits per heavy atom. The van der Waals surface area contributed by atoms with Crippen LogP contribution in [0.15, 0.2) is 18.2 Å². The van der Waals surface area contributed by atoms with Gasteiger partial charge in [0.15, 0.2) is 11.6 Å². The number of rotatable bonds is 2. The summed E-state index contributed by atoms with van der Waals surface area (Å²) in [6.45, 7) is 4.50. The number of nitrogens with zero attached hydrogens (tertiary/aromatic N) is 4. The Hall–Kier alpha value is -2.57. The first-order valence-corrected chi connectivity index (χ1v) is 7.88. The maximum atomic E-state index is 13.4. The molecule has 2 aliphatic rings. The van der Waals surface area contributed by atoms with Crippen LogP contribution in [-0.4, -0.2) is 33.9 Å². The Kier molecular flexibility index (Phi) is 3.44. The van der Waals surface area contributed by atoms with Crippen molar-refractivity contribution in [2.45, 2.75) is 26.4 Å². The minimum atomic E-state index is -1.02. The highest BCUT2D eigenvalue weighted by atomic mass is 19.2. The molecular weight excluding hydrogens is 314 g/mol. The van der Waals surface area contributed by atoms with Gasteiger partial charge in [0.2, 0.25) is 0 Å². The first-order chi connectivity index (χ1) is 11.5. The van der Waals surface area contributed by atoms with E-state index in [0.717, 1.165) is 48.7 Å². The van der Waals surface area contributed by atoms with Gasteiger partial charge in [-0.1, -0.05) is 0 Å². The van der Waals surface area contributed by atoms with Crippen molar-refractivity contribution >= 4 is 11.7 Å². The maximum absolute atomic E-state index is 13.4. The Morgan fingerprint density at radius 2 is 1.92 bits per heavy atom. The van der Waals surface area contributed by atoms with E-state index in [-0.39, 0.29) is 11.5 Å². The smallest absolute Gasteiger partial charge is 0.254 e. The summed E-state index contributed by atoms with van der Waals surface area (Å²) in [6.07, 6.45) is 1.13. The molecule has 1 fully saturated rings. The molecule has 1 amide bonds. The van der Waals surface area contributed by atoms with Gasteiger partial charge in [-0.3, -0.25) is 4.79 Å². The molecule has 1 saturated heterocycles. The largest absolute Gasteiger partial charge is 0.356 e. The van der Waals surface area contributed by atoms with Crippen molar-refractivity contribution in [3.05, 3.63) is 52.5 Å². The highest BCUT2D eigenvalue weighted by Gasteiger charge is 2.31. The zero-order chi connectivity index (χ0) is 16.8. The minimum Gasteiger partial charge on any atom is -0.356 e. The first kappa shape index (κ1) is 15.0. The summed E-state index contributed by atoms with van der Waals surface area (Å²) < 4.78 is 26.5. The molecule has 124 valence electrons. The maximum Gasteiger partial charge on any atom is 0.254 e. The van der Waals surface area contributed by atoms with Gasteiger partial charge in [-0.2, -0.15) is 0 Å². The molecule has 2 aliphatic heterocycles. The van der Waals surface area contributed by atoms with E-state index in [2.05, 4.69) is 14.9 Å². The van der Waals surface area contributed by atoms with Gasteiger partial charge < -0.3 is 9.80 Å². The van der Waals surface area contributed by atoms with Crippen LogP contribution in [0.3, 0.4) is 0 Å². The van der Waals surface area contributed by atoms with Crippen molar-refractivity contribution in [1.29, 1.82) is 0 Å². The molecule has 2 aromatic rings. The van der Waals surface area contributed by atoms with Crippen LogP contribution in [0.2, 0.25) is 0 Å². The fourth-order valence-electron chi connectivity index (χ4n) is 3.10. The van der Waals surface area contributed by atoms with Crippen molar-refractivity contribution in [2.24, 2.45) is 0 Å². The number of aryl methyl sites for hydroxylation is 1. The summed E-state index contributed by atoms with van der Waals surface area (Å²) in [6, 6.07) is 3.21. The number of benzene rings is 1. The van der Waals surface area contributed by atoms with Crippen LogP contribution in [0.25, 0.3) is 0 Å². The third-order valence-corrected chi connectivity index (χ3v) is 4.48. The molecular formula is C17H16F2N4O. The van der Waals surface area contributed by atoms with Crippen molar-refractivity contribution < 1.29 is 13.6 Å². The van der Waals surface area contributed by atoms with Gasteiger partial charge in [-0.15, -0.1) is 0 Å². The Bertz CT molecular complexity index is 836. The third-order valence-electron chi connectivity index (χ3n) is 4.48. The average molecular weight is 330 g/mol. The van der Waals surface area contributed by atoms with Gasteiger partial charge in [-0.25, -0.2) is 18.7 Å². The Labute approximate surface area is 137 Å². The van der Waals surface area contributed by atoms with Crippen LogP contribution in [0.1, 0.15) is 33.9 Å². The molecule has 1 aromatic heterocycles. The molecule has 5 nitrogen and oxygen atoms in total. The van der Waals surface area contributed by atoms with Gasteiger partial charge in [0.05, 0.1) is 18.8 Å². The van der Waals surface area contributed by atoms with Crippen LogP contribution >= 0.6 is 0 Å². The minimum absolute atomic E-state index is 0.136. The summed E-state index contributed by atoms with van der Waals surface area (Å²) in [5.74, 6) is -0.742. The van der Waals surface area contributed by atoms with Crippen LogP contribution in [0.5, 0.6) is 0 Å². The Balaban J connectivity index is 1.63. The lowest BCUT2D eigenvalue weighted by molar-refractivity contribution is 0.0750. The average Bonchev–Trinajstić information content (AvgIpc) is 2.91. The third kappa shape index (κ3) is 2.40. The van der Waals surface area contributed by atoms with E-state index in [4.69, 9.17) is 0 Å². The van der Waals surface area contributed by atoms with Gasteiger partial charge in [-0.05, 0) is 31.5 Å². The monoisotopic (exact) mass is 330 g/mol. The fraction of sp³-hybridized carbons (Fsp3) is 0.353. The highest BCUT2D eigenvalue weighted by molar-refractivity contribution is 5.94. The molecule has 0 aliphatic carbocycles. The van der Waals surface area contributed by atoms with Gasteiger partial charge in [0, 0.05) is 24.2 Å². The number of hydrogen-bond acceptors (Lipinski definition) is 4. The molecule has 0 atom stereocenters. The van der Waals surface area contributed by atoms with Crippen molar-refractivity contribution in [3.63, 3.8) is 0 Å². The topological polar surface area (TPSA) is 49.3 Å². The normalized spacial score (nSPS) is 16.1. The number of aromatic nitrogens is 2. The van der Waals surface area contributed by atoms with E-state index in [0.29, 0.717) is 18.9 Å². The number of anilines is 1. The summed E-state index contributed by atoms with van der Waals surface area (Å²) in [5.41, 5.74) is 1.92. The lowest BCUT2D eigenvalue weighted by Crippen LogP contribution is -2.38. The molecule has 0 saturated carbocycles. The summed E-state index contributed by atoms with van der Waals surface area (Å²) >= 11 is 0. The second-order valence-electron chi connectivity index (χ2n) is 6.15. The van der Waals surface area contributed by atoms with Crippen molar-refractivity contribution in [2.75, 3.05) is 18.0 Å². The highest BCUT2D eigenvalue weighted by Crippen LogP contribution is 2.32. The lowest BCUT2D eigenvalue weighted by Gasteiger charge is -2.33. The predicted octanol–water partition coefficient (Wildman–Crippen LogP) is 2.43. The standard InChI is InChI=1S/C17H16F2N4O/c1-10-20-15-9-23(8-12(15)16(21-10)22-5-2-6-22)17(24)11-3-4-13(18)14(19)7-11/h3-4,7H,2,5-6,8-9H2,1H3. The molecule has 0 radical (unpaired) electrons. The van der Waals surface area contributed by atoms with E-state index < -0.39 is 11.6 Å². The predicted molar refractivity (Wildman–Crippen MR) is 83.5 cm³/mol. The number of carbonyl (C=O) groups excluding carboxylic acids is 1. The van der Waals surface area contributed by atoms with Crippen molar-refractivity contribution in [3.8, 4) is 0 Å². The van der Waals surface area contributed by atoms with Crippen molar-refractivity contribution in [1.82, 2.24) is 14.9 Å². The van der Waals surface area contributed by atoms with Gasteiger partial charge >= 0.3 is 0 Å². The number of halogens is 2. The van der Waals surface area contributed by atoms with E-state index in [9.17, 15) is 13.6 Å². The van der Waals surface area contributed by atoms with E-state index in [1.54, 1.807) is 4.90 Å². The SMILES string of the molecule is Cc1nc2c(c(N3CCC3)n1)CN(C(=O)c1ccc(F)c(F)c1)C2. The van der Waals surface area contributed by atoms with E-state index in [1.807, 2.05) is 6.92 Å². The van der Waals surface area contributed by atoms with Gasteiger partial charge in [0.25, 0.3) is 5.91 Å². The summed E-state index contributed by atoms with van der Waals surface area (Å²) in [5, 5.41) is 0. The number of fused-ring (bicyclic) bond motifs is 1. The molecule has 1 aromatic carbocycles. The van der Waals surface area contributed by atoms with Crippen LogP contribution < -0.4 is 4.90 Å². The zero-order valence-electron chi connectivity index (χ0n) is 13.2. The first-order valence-electron chi connectivity index (χ1n) is 7.88. The van der Waals surface area contributed by atoms with Crippen LogP contribution in [0.4, 0.5) is 14.6 Å². The van der Waals surface area contributed by atoms with Crippen LogP contribution in [-0.2, 0) is 13.1 Å². The molecule has 3 heterocycles. The summed E-state index contributed by atoms with van der Waals surface area (Å²) in [4.78, 5) is 25.3. The van der Waals surface area contributed by atoms with Crippen LogP contribution in [0, 0.1) is 18.6 Å². The quantitative estimate of drug-likeness (QED) is 0.849. The van der Waals surface area contributed by atoms with E-state index in [1.165, 1.54) is 6.07 Å². The second kappa shape index (κ2) is 5.51. The van der Waals surface area contributed by atoms with Gasteiger partial charge in [0.1, 0.15) is 11.6 Å². The molecule has 4 rings (SSSR count). The zero-order valence-corrected chi connectivity index (χ0v) is 13.2. The molecule has 0 bridgehead atoms. The Morgan fingerprint density at radius 1 is 1.12 bits per heavy atom. The van der Waals surface area contributed by atoms with E-state index >= 15 is 0 Å². The molecule has 0 N–H and O–H groups in total. The lowest BCUT2D eigenvalue weighted by atomic mass is 10.1. The number of amides is 1. The second-order valence-corrected chi connectivity index (χ2v) is 6.15. The number of carbonyl (C=O) groups is 1. The molecule has 7 heteroatoms. The molecule has 0 spiro atoms.